The molecule has 1 unspecified atom stereocenters. The highest BCUT2D eigenvalue weighted by Crippen LogP contribution is 2.30. The van der Waals surface area contributed by atoms with Gasteiger partial charge in [-0.3, -0.25) is 4.99 Å². The van der Waals surface area contributed by atoms with Crippen LogP contribution < -0.4 is 25.0 Å². The van der Waals surface area contributed by atoms with Gasteiger partial charge in [-0.25, -0.2) is 0 Å². The minimum Gasteiger partial charge on any atom is -0.497 e. The monoisotopic (exact) mass is 401 g/mol. The second-order valence-corrected chi connectivity index (χ2v) is 7.45. The summed E-state index contributed by atoms with van der Waals surface area (Å²) in [4.78, 5) is 6.66. The van der Waals surface area contributed by atoms with E-state index < -0.39 is 0 Å². The van der Waals surface area contributed by atoms with Crippen molar-refractivity contribution in [1.82, 2.24) is 15.8 Å². The highest BCUT2D eigenvalue weighted by atomic mass is 16.5. The molecule has 8 heteroatoms. The van der Waals surface area contributed by atoms with E-state index in [9.17, 15) is 0 Å². The molecule has 1 aromatic carbocycles. The van der Waals surface area contributed by atoms with E-state index in [4.69, 9.17) is 14.0 Å². The summed E-state index contributed by atoms with van der Waals surface area (Å²) in [6.07, 6.45) is 1.01. The van der Waals surface area contributed by atoms with Crippen molar-refractivity contribution in [2.75, 3.05) is 39.3 Å². The van der Waals surface area contributed by atoms with Gasteiger partial charge in [-0.1, -0.05) is 19.0 Å². The number of aromatic nitrogens is 1. The molecule has 1 aliphatic heterocycles. The van der Waals surface area contributed by atoms with Gasteiger partial charge in [0.05, 0.1) is 26.5 Å². The largest absolute Gasteiger partial charge is 0.497 e. The third kappa shape index (κ3) is 5.34. The summed E-state index contributed by atoms with van der Waals surface area (Å²) in [6.45, 7) is 6.56. The van der Waals surface area contributed by atoms with E-state index in [-0.39, 0.29) is 0 Å². The first-order valence-electron chi connectivity index (χ1n) is 9.93. The zero-order valence-corrected chi connectivity index (χ0v) is 17.9. The highest BCUT2D eigenvalue weighted by molar-refractivity contribution is 5.80. The fourth-order valence-electron chi connectivity index (χ4n) is 3.33. The Morgan fingerprint density at radius 1 is 1.24 bits per heavy atom. The number of nitrogens with one attached hydrogen (secondary N) is 2. The lowest BCUT2D eigenvalue weighted by Crippen LogP contribution is -2.44. The van der Waals surface area contributed by atoms with Crippen molar-refractivity contribution in [2.45, 2.75) is 38.8 Å². The summed E-state index contributed by atoms with van der Waals surface area (Å²) in [5.41, 5.74) is 2.06. The van der Waals surface area contributed by atoms with Gasteiger partial charge >= 0.3 is 0 Å². The number of rotatable bonds is 7. The van der Waals surface area contributed by atoms with Crippen molar-refractivity contribution in [2.24, 2.45) is 4.99 Å². The second kappa shape index (κ2) is 9.54. The Balaban J connectivity index is 1.55. The number of hydrogen-bond acceptors (Lipinski definition) is 6. The van der Waals surface area contributed by atoms with E-state index in [1.54, 1.807) is 21.3 Å². The van der Waals surface area contributed by atoms with Crippen molar-refractivity contribution in [3.63, 3.8) is 0 Å². The lowest BCUT2D eigenvalue weighted by Gasteiger charge is -2.21. The molecule has 0 bridgehead atoms. The Morgan fingerprint density at radius 3 is 2.55 bits per heavy atom. The summed E-state index contributed by atoms with van der Waals surface area (Å²) in [7, 11) is 5.11. The molecule has 1 fully saturated rings. The average molecular weight is 402 g/mol. The van der Waals surface area contributed by atoms with E-state index in [0.29, 0.717) is 18.5 Å². The van der Waals surface area contributed by atoms with Crippen LogP contribution in [0.1, 0.15) is 37.6 Å². The number of hydrogen-bond donors (Lipinski definition) is 2. The lowest BCUT2D eigenvalue weighted by molar-refractivity contribution is 0.371. The zero-order chi connectivity index (χ0) is 20.8. The lowest BCUT2D eigenvalue weighted by atomic mass is 10.1. The standard InChI is InChI=1S/C21H31N5O3/c1-14(2)20-11-19(29-25-20)12-23-21(22-3)24-15-6-7-26(13-15)16-8-17(27-4)10-18(9-16)28-5/h8-11,14-15H,6-7,12-13H2,1-5H3,(H2,22,23,24). The SMILES string of the molecule is CN=C(NCc1cc(C(C)C)no1)NC1CCN(c2cc(OC)cc(OC)c2)C1. The molecule has 158 valence electrons. The Kier molecular flexibility index (Phi) is 6.85. The maximum Gasteiger partial charge on any atom is 0.191 e. The molecule has 3 rings (SSSR count). The normalized spacial score (nSPS) is 17.0. The van der Waals surface area contributed by atoms with E-state index in [1.807, 2.05) is 24.3 Å². The molecule has 0 saturated carbocycles. The average Bonchev–Trinajstić information content (AvgIpc) is 3.40. The molecule has 0 amide bonds. The van der Waals surface area contributed by atoms with Gasteiger partial charge in [0.15, 0.2) is 11.7 Å². The van der Waals surface area contributed by atoms with Crippen LogP contribution in [0.4, 0.5) is 5.69 Å². The summed E-state index contributed by atoms with van der Waals surface area (Å²) in [6, 6.07) is 8.23. The number of guanidine groups is 1. The molecule has 1 aliphatic rings. The molecule has 0 spiro atoms. The summed E-state index contributed by atoms with van der Waals surface area (Å²) < 4.78 is 16.2. The molecule has 2 N–H and O–H groups in total. The minimum atomic E-state index is 0.291. The zero-order valence-electron chi connectivity index (χ0n) is 17.9. The van der Waals surface area contributed by atoms with Crippen LogP contribution in [0, 0.1) is 0 Å². The first kappa shape index (κ1) is 20.8. The van der Waals surface area contributed by atoms with Crippen LogP contribution in [0.15, 0.2) is 33.8 Å². The molecular formula is C21H31N5O3. The minimum absolute atomic E-state index is 0.291. The van der Waals surface area contributed by atoms with Gasteiger partial charge in [-0.15, -0.1) is 0 Å². The molecule has 2 heterocycles. The summed E-state index contributed by atoms with van der Waals surface area (Å²) >= 11 is 0. The Labute approximate surface area is 172 Å². The Morgan fingerprint density at radius 2 is 1.97 bits per heavy atom. The number of methoxy groups -OCH3 is 2. The molecule has 8 nitrogen and oxygen atoms in total. The predicted octanol–water partition coefficient (Wildman–Crippen LogP) is 2.76. The van der Waals surface area contributed by atoms with Gasteiger partial charge < -0.3 is 29.5 Å². The van der Waals surface area contributed by atoms with Crippen LogP contribution in [0.25, 0.3) is 0 Å². The number of benzene rings is 1. The number of aliphatic imine (C=N–C) groups is 1. The van der Waals surface area contributed by atoms with Gasteiger partial charge in [0.25, 0.3) is 0 Å². The van der Waals surface area contributed by atoms with Gasteiger partial charge in [0, 0.05) is 56.1 Å². The van der Waals surface area contributed by atoms with Crippen molar-refractivity contribution in [3.8, 4) is 11.5 Å². The summed E-state index contributed by atoms with van der Waals surface area (Å²) in [5, 5.41) is 10.9. The van der Waals surface area contributed by atoms with Crippen LogP contribution in [0.3, 0.4) is 0 Å². The molecule has 1 aromatic heterocycles. The fraction of sp³-hybridized carbons (Fsp3) is 0.524. The third-order valence-corrected chi connectivity index (χ3v) is 5.05. The van der Waals surface area contributed by atoms with Crippen molar-refractivity contribution < 1.29 is 14.0 Å². The van der Waals surface area contributed by atoms with Crippen LogP contribution in [-0.2, 0) is 6.54 Å². The Hall–Kier alpha value is -2.90. The molecule has 0 radical (unpaired) electrons. The van der Waals surface area contributed by atoms with Crippen LogP contribution in [0.5, 0.6) is 11.5 Å². The van der Waals surface area contributed by atoms with E-state index in [0.717, 1.165) is 54.1 Å². The Bertz CT molecular complexity index is 811. The van der Waals surface area contributed by atoms with E-state index in [2.05, 4.69) is 39.5 Å². The second-order valence-electron chi connectivity index (χ2n) is 7.45. The molecule has 29 heavy (non-hydrogen) atoms. The van der Waals surface area contributed by atoms with Crippen LogP contribution in [-0.4, -0.2) is 51.5 Å². The first-order valence-corrected chi connectivity index (χ1v) is 9.93. The molecular weight excluding hydrogens is 370 g/mol. The predicted molar refractivity (Wildman–Crippen MR) is 114 cm³/mol. The fourth-order valence-corrected chi connectivity index (χ4v) is 3.33. The number of ether oxygens (including phenoxy) is 2. The van der Waals surface area contributed by atoms with Crippen molar-refractivity contribution >= 4 is 11.6 Å². The van der Waals surface area contributed by atoms with Gasteiger partial charge in [-0.2, -0.15) is 0 Å². The number of nitrogens with zero attached hydrogens (tertiary/aromatic N) is 3. The molecule has 0 aliphatic carbocycles. The van der Waals surface area contributed by atoms with Crippen molar-refractivity contribution in [3.05, 3.63) is 35.7 Å². The third-order valence-electron chi connectivity index (χ3n) is 5.05. The van der Waals surface area contributed by atoms with Crippen LogP contribution >= 0.6 is 0 Å². The van der Waals surface area contributed by atoms with E-state index in [1.165, 1.54) is 0 Å². The first-order chi connectivity index (χ1) is 14.0. The molecule has 2 aromatic rings. The van der Waals surface area contributed by atoms with Gasteiger partial charge in [-0.05, 0) is 12.3 Å². The van der Waals surface area contributed by atoms with Gasteiger partial charge in [0.1, 0.15) is 11.5 Å². The topological polar surface area (TPSA) is 84.2 Å². The highest BCUT2D eigenvalue weighted by Gasteiger charge is 2.24. The maximum atomic E-state index is 5.39. The molecule has 1 saturated heterocycles. The number of anilines is 1. The quantitative estimate of drug-likeness (QED) is 0.545. The molecule has 1 atom stereocenters. The summed E-state index contributed by atoms with van der Waals surface area (Å²) in [5.74, 6) is 3.49. The van der Waals surface area contributed by atoms with Crippen molar-refractivity contribution in [1.29, 1.82) is 0 Å². The van der Waals surface area contributed by atoms with Gasteiger partial charge in [0.2, 0.25) is 0 Å². The van der Waals surface area contributed by atoms with E-state index >= 15 is 0 Å². The van der Waals surface area contributed by atoms with Crippen LogP contribution in [0.2, 0.25) is 0 Å². The maximum absolute atomic E-state index is 5.39. The smallest absolute Gasteiger partial charge is 0.191 e.